The second kappa shape index (κ2) is 21.1. The van der Waals surface area contributed by atoms with E-state index < -0.39 is 19.2 Å². The molecule has 0 atom stereocenters. The first kappa shape index (κ1) is 51.1. The zero-order valence-electron chi connectivity index (χ0n) is 45.9. The van der Waals surface area contributed by atoms with Crippen LogP contribution in [-0.2, 0) is 25.5 Å². The zero-order valence-corrected chi connectivity index (χ0v) is 49.4. The summed E-state index contributed by atoms with van der Waals surface area (Å²) in [4.78, 5) is 10.1. The molecule has 1 radical (unpaired) electrons. The van der Waals surface area contributed by atoms with Gasteiger partial charge in [-0.05, 0) is 86.5 Å². The average Bonchev–Trinajstić information content (AvgIpc) is 3.97. The summed E-state index contributed by atoms with van der Waals surface area (Å²) in [5.41, 5.74) is 17.6. The molecule has 3 heterocycles. The quantitative estimate of drug-likeness (QED) is 0.107. The van der Waals surface area contributed by atoms with Gasteiger partial charge >= 0.3 is 143 Å². The van der Waals surface area contributed by atoms with Gasteiger partial charge in [-0.2, -0.15) is 0 Å². The molecule has 375 valence electrons. The van der Waals surface area contributed by atoms with Gasteiger partial charge in [-0.3, -0.25) is 4.98 Å². The van der Waals surface area contributed by atoms with E-state index in [0.717, 1.165) is 66.7 Å². The molecule has 11 aromatic rings. The third-order valence-corrected chi connectivity index (χ3v) is 18.5. The molecule has 0 spiro atoms. The second-order valence-electron chi connectivity index (χ2n) is 22.5. The number of para-hydroxylation sites is 2. The standard InChI is InChI=1S/C47H43N2O.C21H24GeN.Ir/c1-29(2)38-27-35(47(5,6)7)28-39(30(3)4)44(38)49-42-22-12-11-21-41(42)48-46(49)37-20-14-19-36-40-26-34(23-24-43(40)50-45(36)37)33-18-13-17-32(25-33)31-15-9-8-10-16-31;1-15(2)19-13-21(23-14-20(19)22(3,4)5)18-11-10-16-8-6-7-9-17(16)12-18;/h8-19,21-30H,1-7H3;6-10,12-15H,1-5H3;/q2*-1;/i;15D;. The molecule has 74 heavy (non-hydrogen) atoms. The van der Waals surface area contributed by atoms with Crippen LogP contribution >= 0.6 is 0 Å². The third-order valence-electron chi connectivity index (χ3n) is 14.2. The maximum absolute atomic E-state index is 8.58. The van der Waals surface area contributed by atoms with E-state index in [0.29, 0.717) is 11.8 Å². The summed E-state index contributed by atoms with van der Waals surface area (Å²) in [6.45, 7) is 20.0. The van der Waals surface area contributed by atoms with Gasteiger partial charge in [-0.1, -0.05) is 138 Å². The van der Waals surface area contributed by atoms with Crippen molar-refractivity contribution < 1.29 is 25.9 Å². The summed E-state index contributed by atoms with van der Waals surface area (Å²) in [6, 6.07) is 64.8. The van der Waals surface area contributed by atoms with Crippen LogP contribution in [0.2, 0.25) is 17.3 Å². The monoisotopic (exact) mass is 1210 g/mol. The van der Waals surface area contributed by atoms with Gasteiger partial charge in [0, 0.05) is 31.2 Å². The van der Waals surface area contributed by atoms with Crippen LogP contribution in [0.1, 0.15) is 104 Å². The average molecular weight is 1210 g/mol. The van der Waals surface area contributed by atoms with Gasteiger partial charge in [0.15, 0.2) is 0 Å². The van der Waals surface area contributed by atoms with E-state index in [1.807, 2.05) is 44.3 Å². The molecule has 8 aromatic carbocycles. The first-order chi connectivity index (χ1) is 35.2. The van der Waals surface area contributed by atoms with Crippen LogP contribution in [0.25, 0.3) is 94.3 Å². The maximum Gasteiger partial charge on any atom is 0 e. The van der Waals surface area contributed by atoms with Crippen molar-refractivity contribution in [2.24, 2.45) is 0 Å². The third kappa shape index (κ3) is 10.4. The van der Waals surface area contributed by atoms with Crippen molar-refractivity contribution >= 4 is 61.4 Å². The molecule has 0 aliphatic heterocycles. The smallest absolute Gasteiger partial charge is 0 e. The minimum atomic E-state index is -2.08. The summed E-state index contributed by atoms with van der Waals surface area (Å²) < 4.78 is 19.0. The van der Waals surface area contributed by atoms with Crippen LogP contribution in [0.4, 0.5) is 0 Å². The molecule has 3 aromatic heterocycles. The van der Waals surface area contributed by atoms with Gasteiger partial charge < -0.3 is 8.98 Å². The van der Waals surface area contributed by atoms with Crippen molar-refractivity contribution in [1.29, 1.82) is 0 Å². The molecule has 6 heteroatoms. The summed E-state index contributed by atoms with van der Waals surface area (Å²) in [7, 11) is 0. The fraction of sp³-hybridized carbons (Fsp3) is 0.235. The number of fused-ring (bicyclic) bond motifs is 5. The molecule has 0 N–H and O–H groups in total. The largest absolute Gasteiger partial charge is 0 e. The van der Waals surface area contributed by atoms with Crippen LogP contribution < -0.4 is 4.40 Å². The van der Waals surface area contributed by atoms with Crippen LogP contribution in [0.5, 0.6) is 0 Å². The number of nitrogens with zero attached hydrogens (tertiary/aromatic N) is 3. The fourth-order valence-electron chi connectivity index (χ4n) is 10.2. The Morgan fingerprint density at radius 2 is 1.26 bits per heavy atom. The number of aromatic nitrogens is 3. The van der Waals surface area contributed by atoms with Crippen molar-refractivity contribution in [3.63, 3.8) is 0 Å². The van der Waals surface area contributed by atoms with Gasteiger partial charge in [0.2, 0.25) is 0 Å². The fourth-order valence-corrected chi connectivity index (χ4v) is 13.5. The molecule has 0 bridgehead atoms. The summed E-state index contributed by atoms with van der Waals surface area (Å²) in [5, 5.41) is 4.52. The molecule has 11 rings (SSSR count). The predicted octanol–water partition coefficient (Wildman–Crippen LogP) is 18.6. The van der Waals surface area contributed by atoms with Gasteiger partial charge in [-0.25, -0.2) is 0 Å². The number of hydrogen-bond donors (Lipinski definition) is 0. The van der Waals surface area contributed by atoms with Gasteiger partial charge in [0.1, 0.15) is 5.58 Å². The predicted molar refractivity (Wildman–Crippen MR) is 313 cm³/mol. The summed E-state index contributed by atoms with van der Waals surface area (Å²) >= 11 is -2.08. The van der Waals surface area contributed by atoms with E-state index >= 15 is 0 Å². The Balaban J connectivity index is 0.000000232. The molecule has 0 amide bonds. The van der Waals surface area contributed by atoms with Crippen molar-refractivity contribution in [3.8, 4) is 50.6 Å². The van der Waals surface area contributed by atoms with Crippen molar-refractivity contribution in [1.82, 2.24) is 14.5 Å². The van der Waals surface area contributed by atoms with Gasteiger partial charge in [0.05, 0.1) is 22.4 Å². The van der Waals surface area contributed by atoms with E-state index in [4.69, 9.17) is 15.8 Å². The van der Waals surface area contributed by atoms with Crippen LogP contribution in [0.3, 0.4) is 0 Å². The molecule has 0 fully saturated rings. The zero-order chi connectivity index (χ0) is 52.3. The molecular weight excluding hydrogens is 1140 g/mol. The van der Waals surface area contributed by atoms with E-state index in [2.05, 4.69) is 222 Å². The van der Waals surface area contributed by atoms with Crippen molar-refractivity contribution in [2.75, 3.05) is 0 Å². The Bertz CT molecular complexity index is 3840. The van der Waals surface area contributed by atoms with E-state index in [1.54, 1.807) is 0 Å². The maximum atomic E-state index is 8.58. The number of imidazole rings is 1. The Morgan fingerprint density at radius 3 is 1.93 bits per heavy atom. The summed E-state index contributed by atoms with van der Waals surface area (Å²) in [6.07, 6.45) is 2.02. The minimum absolute atomic E-state index is 0. The van der Waals surface area contributed by atoms with E-state index in [-0.39, 0.29) is 25.5 Å². The molecule has 0 saturated heterocycles. The van der Waals surface area contributed by atoms with Crippen LogP contribution in [0, 0.1) is 12.1 Å². The van der Waals surface area contributed by atoms with Gasteiger partial charge in [-0.15, -0.1) is 18.2 Å². The Kier molecular flexibility index (Phi) is 14.6. The molecule has 0 unspecified atom stereocenters. The number of hydrogen-bond acceptors (Lipinski definition) is 3. The number of furan rings is 1. The molecule has 0 aliphatic rings. The number of pyridine rings is 1. The minimum Gasteiger partial charge on any atom is 0 e. The van der Waals surface area contributed by atoms with E-state index in [9.17, 15) is 0 Å². The summed E-state index contributed by atoms with van der Waals surface area (Å²) in [5.74, 6) is 7.91. The van der Waals surface area contributed by atoms with Gasteiger partial charge in [0.25, 0.3) is 0 Å². The Labute approximate surface area is 456 Å². The first-order valence-electron chi connectivity index (χ1n) is 26.4. The van der Waals surface area contributed by atoms with Crippen LogP contribution in [-0.4, -0.2) is 27.8 Å². The Hall–Kier alpha value is -6.37. The van der Waals surface area contributed by atoms with Crippen LogP contribution in [0.15, 0.2) is 174 Å². The molecular formula is C68H67GeIrN3O-2. The molecule has 0 saturated carbocycles. The topological polar surface area (TPSA) is 43.9 Å². The first-order valence-corrected chi connectivity index (χ1v) is 33.2. The number of rotatable bonds is 9. The Morgan fingerprint density at radius 1 is 0.622 bits per heavy atom. The second-order valence-corrected chi connectivity index (χ2v) is 33.1. The SMILES string of the molecule is CC(C)c1cc(C(C)(C)C)cc(C(C)C)c1-n1c(-c2[c-]ccc3c2oc2ccc(-c4cccc(-c5ccccc5)c4)cc23)nc2ccccc21.[2H]C(C)(C)c1cc(-c2[c-]cc3ccccc3c2)nc[c]1[Ge]([CH3])([CH3])[CH3].[Ir]. The van der Waals surface area contributed by atoms with Crippen molar-refractivity contribution in [2.45, 2.75) is 103 Å². The molecule has 0 aliphatic carbocycles. The van der Waals surface area contributed by atoms with Crippen molar-refractivity contribution in [3.05, 3.63) is 204 Å². The normalized spacial score (nSPS) is 12.4. The molecule has 4 nitrogen and oxygen atoms in total. The number of benzene rings is 8. The van der Waals surface area contributed by atoms with E-state index in [1.165, 1.54) is 54.2 Å².